The van der Waals surface area contributed by atoms with E-state index >= 15 is 0 Å². The first-order valence-electron chi connectivity index (χ1n) is 4.82. The summed E-state index contributed by atoms with van der Waals surface area (Å²) in [6, 6.07) is 0. The summed E-state index contributed by atoms with van der Waals surface area (Å²) in [6.07, 6.45) is 1.59. The fourth-order valence-electron chi connectivity index (χ4n) is 1.86. The average molecular weight is 254 g/mol. The van der Waals surface area contributed by atoms with Crippen molar-refractivity contribution in [3.05, 3.63) is 0 Å². The molecule has 1 aliphatic rings. The Labute approximate surface area is 126 Å². The first kappa shape index (κ1) is 15.7. The molecule has 16 heavy (non-hydrogen) atoms. The van der Waals surface area contributed by atoms with Gasteiger partial charge in [-0.05, 0) is 25.7 Å². The molecule has 0 atom stereocenters. The molecule has 0 radical (unpaired) electrons. The molecule has 0 saturated heterocycles. The van der Waals surface area contributed by atoms with E-state index in [4.69, 9.17) is 5.11 Å². The summed E-state index contributed by atoms with van der Waals surface area (Å²) in [5, 5.41) is 8.71. The summed E-state index contributed by atoms with van der Waals surface area (Å²) in [5.41, 5.74) is 0. The summed E-state index contributed by atoms with van der Waals surface area (Å²) in [4.78, 5) is 42.8. The van der Waals surface area contributed by atoms with Crippen molar-refractivity contribution >= 4 is 61.6 Å². The molecule has 1 N–H and O–H groups in total. The first-order valence-corrected chi connectivity index (χ1v) is 4.82. The van der Waals surface area contributed by atoms with Crippen LogP contribution in [0.15, 0.2) is 0 Å². The van der Waals surface area contributed by atoms with Crippen LogP contribution in [0.5, 0.6) is 0 Å². The minimum atomic E-state index is -1.01. The van der Waals surface area contributed by atoms with Gasteiger partial charge in [0, 0.05) is 5.92 Å². The number of ketones is 2. The number of Topliss-reactive ketones (excluding diaryl/α,β-unsaturated/α-hetero) is 2. The molecule has 86 valence electrons. The monoisotopic (exact) mass is 254 g/mol. The molecule has 0 heterocycles. The third-order valence-electron chi connectivity index (χ3n) is 2.80. The Bertz CT molecular complexity index is 313. The molecule has 1 aliphatic carbocycles. The van der Waals surface area contributed by atoms with E-state index in [0.717, 1.165) is 0 Å². The summed E-state index contributed by atoms with van der Waals surface area (Å²) >= 11 is 0. The second kappa shape index (κ2) is 7.14. The molecular weight excluding hydrogens is 240 g/mol. The molecule has 1 fully saturated rings. The number of carbonyl (C=O) groups is 4. The second-order valence-corrected chi connectivity index (χ2v) is 3.73. The molecule has 0 aromatic heterocycles. The van der Waals surface area contributed by atoms with Crippen molar-refractivity contribution in [2.75, 3.05) is 0 Å². The standard InChI is InChI=1S/C10H12O5.Ca.2H/c11-5-8(12)9(13)6-1-3-7(4-2-6)10(14)15;;;/h5-7H,1-4H2,(H,14,15);;;/q;+2;2*-1. The van der Waals surface area contributed by atoms with E-state index in [1.54, 1.807) is 0 Å². The van der Waals surface area contributed by atoms with Crippen molar-refractivity contribution < 1.29 is 27.1 Å². The zero-order valence-electron chi connectivity index (χ0n) is 10.8. The maximum Gasteiger partial charge on any atom is 2.00 e. The number of aliphatic carboxylic acids is 1. The Hall–Kier alpha value is -0.260. The number of hydrogen-bond acceptors (Lipinski definition) is 4. The van der Waals surface area contributed by atoms with Gasteiger partial charge in [0.1, 0.15) is 0 Å². The molecule has 1 rings (SSSR count). The Kier molecular flexibility index (Phi) is 7.02. The van der Waals surface area contributed by atoms with Crippen LogP contribution in [-0.2, 0) is 19.2 Å². The smallest absolute Gasteiger partial charge is 1.00 e. The first-order chi connectivity index (χ1) is 7.06. The minimum Gasteiger partial charge on any atom is -1.00 e. The zero-order chi connectivity index (χ0) is 11.4. The van der Waals surface area contributed by atoms with Gasteiger partial charge in [-0.2, -0.15) is 0 Å². The Balaban J connectivity index is -0.000000750. The third kappa shape index (κ3) is 3.96. The quantitative estimate of drug-likeness (QED) is 0.331. The van der Waals surface area contributed by atoms with Gasteiger partial charge in [0.15, 0.2) is 6.29 Å². The van der Waals surface area contributed by atoms with Gasteiger partial charge in [0.05, 0.1) is 5.92 Å². The number of carbonyl (C=O) groups excluding carboxylic acids is 3. The van der Waals surface area contributed by atoms with E-state index in [9.17, 15) is 19.2 Å². The van der Waals surface area contributed by atoms with Crippen molar-refractivity contribution in [1.29, 1.82) is 0 Å². The van der Waals surface area contributed by atoms with Crippen LogP contribution in [0.4, 0.5) is 0 Å². The SMILES string of the molecule is O=CC(=O)C(=O)C1CCC(C(=O)O)CC1.[Ca+2].[H-].[H-]. The molecule has 0 unspecified atom stereocenters. The number of hydrogen-bond donors (Lipinski definition) is 1. The maximum atomic E-state index is 11.3. The van der Waals surface area contributed by atoms with Crippen LogP contribution in [0.25, 0.3) is 0 Å². The predicted molar refractivity (Wildman–Crippen MR) is 57.1 cm³/mol. The molecular formula is C10H14CaO5. The normalized spacial score (nSPS) is 24.0. The van der Waals surface area contributed by atoms with E-state index in [1.165, 1.54) is 0 Å². The van der Waals surface area contributed by atoms with Crippen LogP contribution >= 0.6 is 0 Å². The van der Waals surface area contributed by atoms with Gasteiger partial charge in [0.2, 0.25) is 5.78 Å². The van der Waals surface area contributed by atoms with Crippen LogP contribution in [0.2, 0.25) is 0 Å². The molecule has 5 nitrogen and oxygen atoms in total. The van der Waals surface area contributed by atoms with Crippen molar-refractivity contribution in [2.45, 2.75) is 25.7 Å². The van der Waals surface area contributed by atoms with Gasteiger partial charge in [0.25, 0.3) is 5.78 Å². The zero-order valence-corrected chi connectivity index (χ0v) is 11.1. The number of carboxylic acid groups (broad SMARTS) is 1. The van der Waals surface area contributed by atoms with Gasteiger partial charge in [-0.1, -0.05) is 0 Å². The Morgan fingerprint density at radius 3 is 1.88 bits per heavy atom. The Morgan fingerprint density at radius 1 is 1.06 bits per heavy atom. The third-order valence-corrected chi connectivity index (χ3v) is 2.80. The van der Waals surface area contributed by atoms with Crippen LogP contribution < -0.4 is 0 Å². The molecule has 0 aromatic carbocycles. The summed E-state index contributed by atoms with van der Waals surface area (Å²) in [6.45, 7) is 0. The van der Waals surface area contributed by atoms with Gasteiger partial charge < -0.3 is 7.96 Å². The average Bonchev–Trinajstić information content (AvgIpc) is 2.27. The van der Waals surface area contributed by atoms with E-state index in [-0.39, 0.29) is 46.9 Å². The van der Waals surface area contributed by atoms with Crippen LogP contribution in [0, 0.1) is 11.8 Å². The van der Waals surface area contributed by atoms with Crippen molar-refractivity contribution in [2.24, 2.45) is 11.8 Å². The largest absolute Gasteiger partial charge is 2.00 e. The van der Waals surface area contributed by atoms with E-state index in [0.29, 0.717) is 25.7 Å². The van der Waals surface area contributed by atoms with E-state index in [1.807, 2.05) is 0 Å². The van der Waals surface area contributed by atoms with Crippen LogP contribution in [0.1, 0.15) is 28.5 Å². The van der Waals surface area contributed by atoms with Crippen LogP contribution in [-0.4, -0.2) is 66.7 Å². The second-order valence-electron chi connectivity index (χ2n) is 3.73. The molecule has 0 amide bonds. The van der Waals surface area contributed by atoms with Gasteiger partial charge in [-0.25, -0.2) is 0 Å². The number of rotatable bonds is 4. The van der Waals surface area contributed by atoms with Crippen molar-refractivity contribution in [3.8, 4) is 0 Å². The molecule has 1 saturated carbocycles. The minimum absolute atomic E-state index is 0. The molecule has 0 aliphatic heterocycles. The molecule has 0 aromatic rings. The molecule has 0 bridgehead atoms. The predicted octanol–water partition coefficient (Wildman–Crippen LogP) is 0.0587. The van der Waals surface area contributed by atoms with Gasteiger partial charge >= 0.3 is 43.7 Å². The van der Waals surface area contributed by atoms with Gasteiger partial charge in [-0.3, -0.25) is 19.2 Å². The van der Waals surface area contributed by atoms with Crippen molar-refractivity contribution in [3.63, 3.8) is 0 Å². The number of aldehydes is 1. The summed E-state index contributed by atoms with van der Waals surface area (Å²) in [7, 11) is 0. The Morgan fingerprint density at radius 2 is 1.50 bits per heavy atom. The molecule has 6 heteroatoms. The van der Waals surface area contributed by atoms with E-state index in [2.05, 4.69) is 0 Å². The molecule has 0 spiro atoms. The number of carboxylic acids is 1. The fourth-order valence-corrected chi connectivity index (χ4v) is 1.86. The summed E-state index contributed by atoms with van der Waals surface area (Å²) in [5.74, 6) is -3.41. The van der Waals surface area contributed by atoms with Crippen LogP contribution in [0.3, 0.4) is 0 Å². The maximum absolute atomic E-state index is 11.3. The summed E-state index contributed by atoms with van der Waals surface area (Å²) < 4.78 is 0. The topological polar surface area (TPSA) is 88.5 Å². The van der Waals surface area contributed by atoms with Gasteiger partial charge in [-0.15, -0.1) is 0 Å². The van der Waals surface area contributed by atoms with E-state index < -0.39 is 29.4 Å². The van der Waals surface area contributed by atoms with Crippen molar-refractivity contribution in [1.82, 2.24) is 0 Å². The fraction of sp³-hybridized carbons (Fsp3) is 0.600.